The Kier molecular flexibility index (Phi) is 3.09. The van der Waals surface area contributed by atoms with Crippen LogP contribution in [-0.2, 0) is 0 Å². The van der Waals surface area contributed by atoms with E-state index in [4.69, 9.17) is 0 Å². The van der Waals surface area contributed by atoms with Gasteiger partial charge in [0.1, 0.15) is 0 Å². The molecule has 0 bridgehead atoms. The van der Waals surface area contributed by atoms with Gasteiger partial charge in [0.25, 0.3) is 0 Å². The zero-order chi connectivity index (χ0) is 9.80. The summed E-state index contributed by atoms with van der Waals surface area (Å²) in [7, 11) is 0. The van der Waals surface area contributed by atoms with Gasteiger partial charge in [-0.15, -0.1) is 0 Å². The summed E-state index contributed by atoms with van der Waals surface area (Å²) in [5.41, 5.74) is 1.12. The fourth-order valence-electron chi connectivity index (χ4n) is 1.35. The van der Waals surface area contributed by atoms with E-state index in [0.29, 0.717) is 5.25 Å². The van der Waals surface area contributed by atoms with Gasteiger partial charge in [-0.25, -0.2) is 0 Å². The van der Waals surface area contributed by atoms with Crippen molar-refractivity contribution in [2.75, 3.05) is 11.9 Å². The summed E-state index contributed by atoms with van der Waals surface area (Å²) >= 11 is 1.82. The Bertz CT molecular complexity index is 321. The summed E-state index contributed by atoms with van der Waals surface area (Å²) < 4.78 is 0. The fraction of sp³-hybridized carbons (Fsp3) is 0.364. The molecule has 1 aliphatic rings. The van der Waals surface area contributed by atoms with Gasteiger partial charge in [-0.1, -0.05) is 36.9 Å². The van der Waals surface area contributed by atoms with Crippen LogP contribution in [0.15, 0.2) is 35.3 Å². The average Bonchev–Trinajstić information content (AvgIpc) is 2.19. The molecule has 1 aliphatic heterocycles. The number of anilines is 1. The summed E-state index contributed by atoms with van der Waals surface area (Å²) in [4.78, 5) is 4.44. The molecule has 1 heterocycles. The fourth-order valence-corrected chi connectivity index (χ4v) is 2.30. The van der Waals surface area contributed by atoms with Crippen LogP contribution in [0.4, 0.5) is 5.69 Å². The van der Waals surface area contributed by atoms with E-state index in [1.807, 2.05) is 30.0 Å². The van der Waals surface area contributed by atoms with Crippen molar-refractivity contribution in [2.24, 2.45) is 4.99 Å². The minimum absolute atomic E-state index is 0.679. The first-order chi connectivity index (χ1) is 6.84. The number of benzene rings is 1. The maximum atomic E-state index is 4.44. The van der Waals surface area contributed by atoms with Crippen molar-refractivity contribution in [3.63, 3.8) is 0 Å². The first-order valence-electron chi connectivity index (χ1n) is 4.88. The van der Waals surface area contributed by atoms with E-state index in [1.165, 1.54) is 6.42 Å². The van der Waals surface area contributed by atoms with Crippen LogP contribution in [0.2, 0.25) is 0 Å². The van der Waals surface area contributed by atoms with Gasteiger partial charge in [0, 0.05) is 17.5 Å². The SMILES string of the molecule is CC1CCN=C(Nc2ccccc2)S1. The summed E-state index contributed by atoms with van der Waals surface area (Å²) in [5, 5.41) is 5.05. The van der Waals surface area contributed by atoms with Gasteiger partial charge in [0.15, 0.2) is 5.17 Å². The predicted octanol–water partition coefficient (Wildman–Crippen LogP) is 2.98. The summed E-state index contributed by atoms with van der Waals surface area (Å²) in [6, 6.07) is 10.2. The lowest BCUT2D eigenvalue weighted by Gasteiger charge is -2.18. The monoisotopic (exact) mass is 206 g/mol. The molecule has 2 rings (SSSR count). The Balaban J connectivity index is 2.01. The smallest absolute Gasteiger partial charge is 0.161 e. The van der Waals surface area contributed by atoms with Crippen molar-refractivity contribution in [1.29, 1.82) is 0 Å². The Labute approximate surface area is 88.8 Å². The second-order valence-electron chi connectivity index (χ2n) is 3.40. The third kappa shape index (κ3) is 2.51. The number of rotatable bonds is 1. The van der Waals surface area contributed by atoms with Gasteiger partial charge in [-0.2, -0.15) is 0 Å². The molecule has 0 radical (unpaired) electrons. The Morgan fingerprint density at radius 1 is 1.36 bits per heavy atom. The van der Waals surface area contributed by atoms with Crippen LogP contribution in [-0.4, -0.2) is 17.0 Å². The summed E-state index contributed by atoms with van der Waals surface area (Å²) in [6.07, 6.45) is 1.19. The molecule has 0 aromatic heterocycles. The van der Waals surface area contributed by atoms with E-state index in [2.05, 4.69) is 29.4 Å². The molecule has 14 heavy (non-hydrogen) atoms. The van der Waals surface area contributed by atoms with Crippen LogP contribution in [0.1, 0.15) is 13.3 Å². The topological polar surface area (TPSA) is 24.4 Å². The summed E-state index contributed by atoms with van der Waals surface area (Å²) in [5.74, 6) is 0. The molecule has 0 saturated carbocycles. The van der Waals surface area contributed by atoms with E-state index in [-0.39, 0.29) is 0 Å². The lowest BCUT2D eigenvalue weighted by Crippen LogP contribution is -2.17. The highest BCUT2D eigenvalue weighted by atomic mass is 32.2. The first-order valence-corrected chi connectivity index (χ1v) is 5.76. The second kappa shape index (κ2) is 4.51. The lowest BCUT2D eigenvalue weighted by atomic mass is 10.3. The summed E-state index contributed by atoms with van der Waals surface area (Å²) in [6.45, 7) is 3.19. The molecular formula is C11H14N2S. The van der Waals surface area contributed by atoms with Crippen LogP contribution in [0, 0.1) is 0 Å². The molecule has 1 aromatic carbocycles. The normalized spacial score (nSPS) is 21.5. The average molecular weight is 206 g/mol. The minimum atomic E-state index is 0.679. The van der Waals surface area contributed by atoms with E-state index in [9.17, 15) is 0 Å². The van der Waals surface area contributed by atoms with Crippen molar-refractivity contribution in [1.82, 2.24) is 0 Å². The zero-order valence-electron chi connectivity index (χ0n) is 8.23. The van der Waals surface area contributed by atoms with Crippen LogP contribution >= 0.6 is 11.8 Å². The molecule has 1 atom stereocenters. The highest BCUT2D eigenvalue weighted by Crippen LogP contribution is 2.22. The van der Waals surface area contributed by atoms with E-state index >= 15 is 0 Å². The highest BCUT2D eigenvalue weighted by Gasteiger charge is 2.12. The Hall–Kier alpha value is -0.960. The minimum Gasteiger partial charge on any atom is -0.335 e. The van der Waals surface area contributed by atoms with Crippen molar-refractivity contribution in [2.45, 2.75) is 18.6 Å². The van der Waals surface area contributed by atoms with E-state index in [0.717, 1.165) is 17.4 Å². The van der Waals surface area contributed by atoms with Crippen LogP contribution in [0.5, 0.6) is 0 Å². The number of hydrogen-bond donors (Lipinski definition) is 1. The Morgan fingerprint density at radius 3 is 2.86 bits per heavy atom. The van der Waals surface area contributed by atoms with Crippen molar-refractivity contribution in [3.05, 3.63) is 30.3 Å². The number of hydrogen-bond acceptors (Lipinski definition) is 3. The quantitative estimate of drug-likeness (QED) is 0.764. The number of para-hydroxylation sites is 1. The molecule has 2 nitrogen and oxygen atoms in total. The molecule has 0 amide bonds. The second-order valence-corrected chi connectivity index (χ2v) is 4.82. The van der Waals surface area contributed by atoms with Crippen LogP contribution in [0.3, 0.4) is 0 Å². The van der Waals surface area contributed by atoms with Crippen molar-refractivity contribution < 1.29 is 0 Å². The number of thioether (sulfide) groups is 1. The van der Waals surface area contributed by atoms with E-state index in [1.54, 1.807) is 0 Å². The third-order valence-corrected chi connectivity index (χ3v) is 3.22. The largest absolute Gasteiger partial charge is 0.335 e. The Morgan fingerprint density at radius 2 is 2.14 bits per heavy atom. The molecule has 1 N–H and O–H groups in total. The van der Waals surface area contributed by atoms with Crippen LogP contribution < -0.4 is 5.32 Å². The van der Waals surface area contributed by atoms with Gasteiger partial charge in [0.2, 0.25) is 0 Å². The molecule has 0 aliphatic carbocycles. The van der Waals surface area contributed by atoms with Gasteiger partial charge >= 0.3 is 0 Å². The number of nitrogens with one attached hydrogen (secondary N) is 1. The van der Waals surface area contributed by atoms with Crippen LogP contribution in [0.25, 0.3) is 0 Å². The molecule has 1 unspecified atom stereocenters. The first kappa shape index (κ1) is 9.59. The zero-order valence-corrected chi connectivity index (χ0v) is 9.05. The number of aliphatic imine (C=N–C) groups is 1. The molecule has 0 saturated heterocycles. The molecule has 0 fully saturated rings. The maximum Gasteiger partial charge on any atom is 0.161 e. The van der Waals surface area contributed by atoms with Crippen molar-refractivity contribution >= 4 is 22.6 Å². The number of amidine groups is 1. The molecule has 74 valence electrons. The van der Waals surface area contributed by atoms with Gasteiger partial charge in [-0.05, 0) is 18.6 Å². The standard InChI is InChI=1S/C11H14N2S/c1-9-7-8-12-11(14-9)13-10-5-3-2-4-6-10/h2-6,9H,7-8H2,1H3,(H,12,13). The van der Waals surface area contributed by atoms with Gasteiger partial charge in [-0.3, -0.25) is 4.99 Å². The number of nitrogens with zero attached hydrogens (tertiary/aromatic N) is 1. The highest BCUT2D eigenvalue weighted by molar-refractivity contribution is 8.14. The van der Waals surface area contributed by atoms with Gasteiger partial charge < -0.3 is 5.32 Å². The molecule has 1 aromatic rings. The molecule has 0 spiro atoms. The lowest BCUT2D eigenvalue weighted by molar-refractivity contribution is 0.819. The molecular weight excluding hydrogens is 192 g/mol. The predicted molar refractivity (Wildman–Crippen MR) is 64.0 cm³/mol. The third-order valence-electron chi connectivity index (χ3n) is 2.13. The van der Waals surface area contributed by atoms with E-state index < -0.39 is 0 Å². The molecule has 3 heteroatoms. The van der Waals surface area contributed by atoms with Crippen molar-refractivity contribution in [3.8, 4) is 0 Å². The van der Waals surface area contributed by atoms with Gasteiger partial charge in [0.05, 0.1) is 0 Å². The maximum absolute atomic E-state index is 4.44.